The second kappa shape index (κ2) is 6.83. The number of aryl methyl sites for hydroxylation is 1. The molecule has 0 spiro atoms. The van der Waals surface area contributed by atoms with E-state index >= 15 is 0 Å². The summed E-state index contributed by atoms with van der Waals surface area (Å²) in [5.74, 6) is 1.55. The summed E-state index contributed by atoms with van der Waals surface area (Å²) in [7, 11) is 0. The van der Waals surface area contributed by atoms with Crippen LogP contribution in [0.3, 0.4) is 0 Å². The van der Waals surface area contributed by atoms with Crippen LogP contribution in [0.4, 0.5) is 4.39 Å². The van der Waals surface area contributed by atoms with E-state index < -0.39 is 0 Å². The van der Waals surface area contributed by atoms with Crippen molar-refractivity contribution in [1.29, 1.82) is 0 Å². The molecule has 0 saturated carbocycles. The summed E-state index contributed by atoms with van der Waals surface area (Å²) < 4.78 is 16.0. The lowest BCUT2D eigenvalue weighted by Gasteiger charge is -2.23. The predicted octanol–water partition coefficient (Wildman–Crippen LogP) is 3.50. The topological polar surface area (TPSA) is 42.7 Å². The summed E-state index contributed by atoms with van der Waals surface area (Å²) in [4.78, 5) is 2.21. The number of halogens is 1. The second-order valence-electron chi connectivity index (χ2n) is 6.18. The van der Waals surface area contributed by atoms with E-state index in [0.29, 0.717) is 11.5 Å². The van der Waals surface area contributed by atoms with E-state index in [1.165, 1.54) is 10.9 Å². The van der Waals surface area contributed by atoms with E-state index in [0.717, 1.165) is 43.2 Å². The molecule has 0 bridgehead atoms. The number of rotatable bonds is 5. The number of fused-ring (bicyclic) bond motifs is 1. The minimum absolute atomic E-state index is 0.161. The summed E-state index contributed by atoms with van der Waals surface area (Å²) in [5.41, 5.74) is 0.682. The van der Waals surface area contributed by atoms with Crippen molar-refractivity contribution in [2.24, 2.45) is 5.92 Å². The van der Waals surface area contributed by atoms with E-state index in [-0.39, 0.29) is 5.82 Å². The van der Waals surface area contributed by atoms with Crippen LogP contribution in [0.25, 0.3) is 10.4 Å². The van der Waals surface area contributed by atoms with Crippen molar-refractivity contribution >= 4 is 11.3 Å². The predicted molar refractivity (Wildman–Crippen MR) is 93.3 cm³/mol. The van der Waals surface area contributed by atoms with E-state index in [9.17, 15) is 4.39 Å². The van der Waals surface area contributed by atoms with Gasteiger partial charge in [-0.3, -0.25) is 0 Å². The maximum atomic E-state index is 13.9. The van der Waals surface area contributed by atoms with Crippen LogP contribution in [-0.4, -0.2) is 21.3 Å². The normalized spacial score (nSPS) is 17.0. The first-order chi connectivity index (χ1) is 11.8. The van der Waals surface area contributed by atoms with Crippen molar-refractivity contribution in [2.75, 3.05) is 6.54 Å². The molecule has 0 saturated heterocycles. The van der Waals surface area contributed by atoms with Gasteiger partial charge in [-0.25, -0.2) is 4.39 Å². The molecule has 0 fully saturated rings. The minimum atomic E-state index is -0.161. The Balaban J connectivity index is 1.32. The van der Waals surface area contributed by atoms with Crippen LogP contribution in [0.2, 0.25) is 0 Å². The first-order valence-corrected chi connectivity index (χ1v) is 9.02. The molecule has 3 heterocycles. The molecule has 0 radical (unpaired) electrons. The van der Waals surface area contributed by atoms with Crippen LogP contribution in [0.15, 0.2) is 42.7 Å². The van der Waals surface area contributed by atoms with Gasteiger partial charge in [0, 0.05) is 41.4 Å². The van der Waals surface area contributed by atoms with Gasteiger partial charge in [-0.05, 0) is 30.5 Å². The molecule has 6 heteroatoms. The lowest BCUT2D eigenvalue weighted by atomic mass is 9.99. The molecular weight excluding hydrogens is 323 g/mol. The third-order valence-electron chi connectivity index (χ3n) is 4.46. The molecule has 1 aliphatic heterocycles. The summed E-state index contributed by atoms with van der Waals surface area (Å²) in [6, 6.07) is 11.0. The summed E-state index contributed by atoms with van der Waals surface area (Å²) in [5, 5.41) is 11.6. The quantitative estimate of drug-likeness (QED) is 0.772. The van der Waals surface area contributed by atoms with Crippen LogP contribution in [-0.2, 0) is 19.5 Å². The Morgan fingerprint density at radius 1 is 1.25 bits per heavy atom. The van der Waals surface area contributed by atoms with E-state index in [1.54, 1.807) is 17.4 Å². The summed E-state index contributed by atoms with van der Waals surface area (Å²) >= 11 is 1.65. The highest BCUT2D eigenvalue weighted by Crippen LogP contribution is 2.30. The standard InChI is InChI=1S/C18H19FN4S/c19-16-4-2-1-3-15(16)17-7-6-14(24-17)10-20-9-13-5-8-18-22-21-12-23(18)11-13/h1-4,6-7,12-13,20H,5,8-11H2. The zero-order valence-electron chi connectivity index (χ0n) is 13.3. The third-order valence-corrected chi connectivity index (χ3v) is 5.58. The molecule has 1 unspecified atom stereocenters. The van der Waals surface area contributed by atoms with Crippen LogP contribution >= 0.6 is 11.3 Å². The molecule has 124 valence electrons. The van der Waals surface area contributed by atoms with E-state index in [1.807, 2.05) is 24.5 Å². The lowest BCUT2D eigenvalue weighted by Crippen LogP contribution is -2.29. The molecule has 24 heavy (non-hydrogen) atoms. The highest BCUT2D eigenvalue weighted by atomic mass is 32.1. The number of benzene rings is 1. The van der Waals surface area contributed by atoms with Crippen molar-refractivity contribution in [2.45, 2.75) is 25.9 Å². The Labute approximate surface area is 144 Å². The number of thiophene rings is 1. The van der Waals surface area contributed by atoms with Gasteiger partial charge < -0.3 is 9.88 Å². The molecule has 1 aliphatic rings. The number of aromatic nitrogens is 3. The van der Waals surface area contributed by atoms with Crippen molar-refractivity contribution in [3.63, 3.8) is 0 Å². The van der Waals surface area contributed by atoms with Gasteiger partial charge in [-0.15, -0.1) is 21.5 Å². The van der Waals surface area contributed by atoms with Gasteiger partial charge in [0.25, 0.3) is 0 Å². The second-order valence-corrected chi connectivity index (χ2v) is 7.35. The first-order valence-electron chi connectivity index (χ1n) is 8.20. The monoisotopic (exact) mass is 342 g/mol. The van der Waals surface area contributed by atoms with Gasteiger partial charge in [-0.1, -0.05) is 18.2 Å². The Morgan fingerprint density at radius 2 is 2.17 bits per heavy atom. The maximum Gasteiger partial charge on any atom is 0.132 e. The zero-order valence-corrected chi connectivity index (χ0v) is 14.1. The zero-order chi connectivity index (χ0) is 16.4. The van der Waals surface area contributed by atoms with Gasteiger partial charge in [-0.2, -0.15) is 0 Å². The number of nitrogens with one attached hydrogen (secondary N) is 1. The number of hydrogen-bond acceptors (Lipinski definition) is 4. The highest BCUT2D eigenvalue weighted by Gasteiger charge is 2.19. The smallest absolute Gasteiger partial charge is 0.132 e. The van der Waals surface area contributed by atoms with Gasteiger partial charge in [0.2, 0.25) is 0 Å². The lowest BCUT2D eigenvalue weighted by molar-refractivity contribution is 0.348. The molecule has 0 aliphatic carbocycles. The van der Waals surface area contributed by atoms with Crippen molar-refractivity contribution < 1.29 is 4.39 Å². The van der Waals surface area contributed by atoms with E-state index in [4.69, 9.17) is 0 Å². The Bertz CT molecular complexity index is 826. The summed E-state index contributed by atoms with van der Waals surface area (Å²) in [6.07, 6.45) is 3.97. The summed E-state index contributed by atoms with van der Waals surface area (Å²) in [6.45, 7) is 2.79. The van der Waals surface area contributed by atoms with Gasteiger partial charge in [0.1, 0.15) is 18.0 Å². The largest absolute Gasteiger partial charge is 0.317 e. The molecule has 1 N–H and O–H groups in total. The average Bonchev–Trinajstić information content (AvgIpc) is 3.24. The van der Waals surface area contributed by atoms with Crippen LogP contribution < -0.4 is 5.32 Å². The number of nitrogens with zero attached hydrogens (tertiary/aromatic N) is 3. The molecule has 2 aromatic heterocycles. The SMILES string of the molecule is Fc1ccccc1-c1ccc(CNCC2CCc3nncn3C2)s1. The van der Waals surface area contributed by atoms with Gasteiger partial charge >= 0.3 is 0 Å². The average molecular weight is 342 g/mol. The van der Waals surface area contributed by atoms with Crippen molar-refractivity contribution in [1.82, 2.24) is 20.1 Å². The molecule has 1 aromatic carbocycles. The molecule has 1 atom stereocenters. The fourth-order valence-electron chi connectivity index (χ4n) is 3.17. The molecular formula is C18H19FN4S. The first kappa shape index (κ1) is 15.5. The van der Waals surface area contributed by atoms with Crippen LogP contribution in [0, 0.1) is 11.7 Å². The Morgan fingerprint density at radius 3 is 3.08 bits per heavy atom. The maximum absolute atomic E-state index is 13.9. The van der Waals surface area contributed by atoms with Crippen molar-refractivity contribution in [3.05, 3.63) is 59.2 Å². The Hall–Kier alpha value is -2.05. The van der Waals surface area contributed by atoms with Crippen LogP contribution in [0.1, 0.15) is 17.1 Å². The van der Waals surface area contributed by atoms with Crippen molar-refractivity contribution in [3.8, 4) is 10.4 Å². The third kappa shape index (κ3) is 3.25. The fraction of sp³-hybridized carbons (Fsp3) is 0.333. The number of hydrogen-bond donors (Lipinski definition) is 1. The van der Waals surface area contributed by atoms with Gasteiger partial charge in [0.05, 0.1) is 0 Å². The Kier molecular flexibility index (Phi) is 4.40. The fourth-order valence-corrected chi connectivity index (χ4v) is 4.18. The minimum Gasteiger partial charge on any atom is -0.317 e. The molecule has 4 rings (SSSR count). The highest BCUT2D eigenvalue weighted by molar-refractivity contribution is 7.15. The molecule has 4 nitrogen and oxygen atoms in total. The van der Waals surface area contributed by atoms with Gasteiger partial charge in [0.15, 0.2) is 0 Å². The van der Waals surface area contributed by atoms with Crippen LogP contribution in [0.5, 0.6) is 0 Å². The molecule has 0 amide bonds. The van der Waals surface area contributed by atoms with E-state index in [2.05, 4.69) is 26.1 Å². The molecule has 3 aromatic rings.